The number of hydrogen-bond acceptors (Lipinski definition) is 4. The molecule has 0 fully saturated rings. The summed E-state index contributed by atoms with van der Waals surface area (Å²) in [5, 5.41) is 0. The van der Waals surface area contributed by atoms with Crippen molar-refractivity contribution in [2.75, 3.05) is 20.8 Å². The van der Waals surface area contributed by atoms with E-state index >= 15 is 0 Å². The van der Waals surface area contributed by atoms with Gasteiger partial charge in [0.1, 0.15) is 6.29 Å². The highest BCUT2D eigenvalue weighted by molar-refractivity contribution is 5.78. The van der Waals surface area contributed by atoms with Crippen molar-refractivity contribution in [3.8, 4) is 23.3 Å². The fraction of sp³-hybridized carbons (Fsp3) is 0.308. The molecule has 2 N–H and O–H groups in total. The SMILES string of the molecule is COc1cc(C=O)cc(C#CCCN)c1OC. The molecule has 0 aliphatic carbocycles. The molecule has 0 heterocycles. The molecule has 0 atom stereocenters. The van der Waals surface area contributed by atoms with Crippen molar-refractivity contribution in [2.24, 2.45) is 5.73 Å². The molecule has 90 valence electrons. The zero-order chi connectivity index (χ0) is 12.7. The van der Waals surface area contributed by atoms with E-state index in [0.29, 0.717) is 35.6 Å². The Hall–Kier alpha value is -1.99. The maximum Gasteiger partial charge on any atom is 0.176 e. The molecule has 0 bridgehead atoms. The molecule has 4 nitrogen and oxygen atoms in total. The first-order valence-corrected chi connectivity index (χ1v) is 5.17. The molecule has 0 aliphatic heterocycles. The van der Waals surface area contributed by atoms with E-state index in [-0.39, 0.29) is 0 Å². The summed E-state index contributed by atoms with van der Waals surface area (Å²) < 4.78 is 10.4. The van der Waals surface area contributed by atoms with Gasteiger partial charge in [0, 0.05) is 18.5 Å². The van der Waals surface area contributed by atoms with Gasteiger partial charge in [0.15, 0.2) is 11.5 Å². The van der Waals surface area contributed by atoms with Gasteiger partial charge < -0.3 is 15.2 Å². The molecule has 1 aromatic carbocycles. The van der Waals surface area contributed by atoms with Crippen LogP contribution < -0.4 is 15.2 Å². The minimum Gasteiger partial charge on any atom is -0.493 e. The normalized spacial score (nSPS) is 9.12. The van der Waals surface area contributed by atoms with Crippen LogP contribution in [0.4, 0.5) is 0 Å². The van der Waals surface area contributed by atoms with Gasteiger partial charge in [-0.25, -0.2) is 0 Å². The van der Waals surface area contributed by atoms with Crippen molar-refractivity contribution in [3.05, 3.63) is 23.3 Å². The molecule has 0 saturated carbocycles. The van der Waals surface area contributed by atoms with Gasteiger partial charge in [-0.15, -0.1) is 0 Å². The fourth-order valence-electron chi connectivity index (χ4n) is 1.38. The molecule has 1 rings (SSSR count). The van der Waals surface area contributed by atoms with Gasteiger partial charge in [-0.2, -0.15) is 0 Å². The Morgan fingerprint density at radius 1 is 1.35 bits per heavy atom. The average molecular weight is 233 g/mol. The number of carbonyl (C=O) groups excluding carboxylic acids is 1. The highest BCUT2D eigenvalue weighted by Crippen LogP contribution is 2.31. The molecule has 4 heteroatoms. The van der Waals surface area contributed by atoms with Crippen LogP contribution in [-0.2, 0) is 0 Å². The van der Waals surface area contributed by atoms with E-state index in [9.17, 15) is 4.79 Å². The predicted octanol–water partition coefficient (Wildman–Crippen LogP) is 1.22. The highest BCUT2D eigenvalue weighted by atomic mass is 16.5. The second kappa shape index (κ2) is 6.56. The fourth-order valence-corrected chi connectivity index (χ4v) is 1.38. The third kappa shape index (κ3) is 3.23. The molecule has 0 amide bonds. The lowest BCUT2D eigenvalue weighted by Crippen LogP contribution is -1.97. The highest BCUT2D eigenvalue weighted by Gasteiger charge is 2.10. The zero-order valence-corrected chi connectivity index (χ0v) is 9.95. The molecular formula is C13H15NO3. The van der Waals surface area contributed by atoms with Gasteiger partial charge in [-0.05, 0) is 12.1 Å². The predicted molar refractivity (Wildman–Crippen MR) is 65.5 cm³/mol. The first kappa shape index (κ1) is 13.1. The van der Waals surface area contributed by atoms with Gasteiger partial charge >= 0.3 is 0 Å². The summed E-state index contributed by atoms with van der Waals surface area (Å²) in [5.41, 5.74) is 6.49. The Balaban J connectivity index is 3.25. The van der Waals surface area contributed by atoms with Gasteiger partial charge in [0.25, 0.3) is 0 Å². The Morgan fingerprint density at radius 3 is 2.65 bits per heavy atom. The van der Waals surface area contributed by atoms with Gasteiger partial charge in [0.05, 0.1) is 19.8 Å². The van der Waals surface area contributed by atoms with Crippen LogP contribution in [0.25, 0.3) is 0 Å². The zero-order valence-electron chi connectivity index (χ0n) is 9.95. The average Bonchev–Trinajstić information content (AvgIpc) is 2.37. The Morgan fingerprint density at radius 2 is 2.12 bits per heavy atom. The van der Waals surface area contributed by atoms with E-state index in [1.54, 1.807) is 12.1 Å². The van der Waals surface area contributed by atoms with Crippen LogP contribution in [0.5, 0.6) is 11.5 Å². The molecule has 1 aromatic rings. The van der Waals surface area contributed by atoms with Crippen molar-refractivity contribution in [2.45, 2.75) is 6.42 Å². The summed E-state index contributed by atoms with van der Waals surface area (Å²) in [6.45, 7) is 0.500. The summed E-state index contributed by atoms with van der Waals surface area (Å²) in [6, 6.07) is 3.28. The van der Waals surface area contributed by atoms with Gasteiger partial charge in [-0.3, -0.25) is 4.79 Å². The van der Waals surface area contributed by atoms with Crippen molar-refractivity contribution < 1.29 is 14.3 Å². The van der Waals surface area contributed by atoms with Crippen molar-refractivity contribution in [1.82, 2.24) is 0 Å². The van der Waals surface area contributed by atoms with Crippen LogP contribution in [0.3, 0.4) is 0 Å². The number of ether oxygens (including phenoxy) is 2. The van der Waals surface area contributed by atoms with E-state index < -0.39 is 0 Å². The summed E-state index contributed by atoms with van der Waals surface area (Å²) in [6.07, 6.45) is 1.34. The van der Waals surface area contributed by atoms with Crippen LogP contribution >= 0.6 is 0 Å². The summed E-state index contributed by atoms with van der Waals surface area (Å²) >= 11 is 0. The standard InChI is InChI=1S/C13H15NO3/c1-16-12-8-10(9-15)7-11(13(12)17-2)5-3-4-6-14/h7-9H,4,6,14H2,1-2H3. The van der Waals surface area contributed by atoms with E-state index in [1.165, 1.54) is 14.2 Å². The van der Waals surface area contributed by atoms with Crippen LogP contribution in [0.1, 0.15) is 22.3 Å². The summed E-state index contributed by atoms with van der Waals surface area (Å²) in [4.78, 5) is 10.8. The van der Waals surface area contributed by atoms with Crippen LogP contribution in [0, 0.1) is 11.8 Å². The van der Waals surface area contributed by atoms with Crippen molar-refractivity contribution in [1.29, 1.82) is 0 Å². The van der Waals surface area contributed by atoms with E-state index in [2.05, 4.69) is 11.8 Å². The minimum atomic E-state index is 0.495. The Bertz CT molecular complexity index is 458. The first-order chi connectivity index (χ1) is 8.26. The van der Waals surface area contributed by atoms with E-state index in [1.807, 2.05) is 0 Å². The lowest BCUT2D eigenvalue weighted by atomic mass is 10.1. The number of hydrogen-bond donors (Lipinski definition) is 1. The second-order valence-electron chi connectivity index (χ2n) is 3.26. The number of rotatable bonds is 4. The molecule has 0 unspecified atom stereocenters. The number of aldehydes is 1. The van der Waals surface area contributed by atoms with Crippen molar-refractivity contribution in [3.63, 3.8) is 0 Å². The van der Waals surface area contributed by atoms with Crippen LogP contribution in [0.2, 0.25) is 0 Å². The van der Waals surface area contributed by atoms with E-state index in [0.717, 1.165) is 6.29 Å². The van der Waals surface area contributed by atoms with Gasteiger partial charge in [0.2, 0.25) is 0 Å². The quantitative estimate of drug-likeness (QED) is 0.627. The van der Waals surface area contributed by atoms with Crippen molar-refractivity contribution >= 4 is 6.29 Å². The number of carbonyl (C=O) groups is 1. The molecule has 0 saturated heterocycles. The first-order valence-electron chi connectivity index (χ1n) is 5.17. The number of benzene rings is 1. The molecule has 17 heavy (non-hydrogen) atoms. The lowest BCUT2D eigenvalue weighted by molar-refractivity contribution is 0.112. The van der Waals surface area contributed by atoms with E-state index in [4.69, 9.17) is 15.2 Å². The maximum absolute atomic E-state index is 10.8. The Kier molecular flexibility index (Phi) is 5.05. The smallest absolute Gasteiger partial charge is 0.176 e. The van der Waals surface area contributed by atoms with Gasteiger partial charge in [-0.1, -0.05) is 11.8 Å². The Labute approximate surface area is 101 Å². The molecule has 0 aliphatic rings. The van der Waals surface area contributed by atoms with Crippen LogP contribution in [0.15, 0.2) is 12.1 Å². The topological polar surface area (TPSA) is 61.5 Å². The largest absolute Gasteiger partial charge is 0.493 e. The second-order valence-corrected chi connectivity index (χ2v) is 3.26. The number of methoxy groups -OCH3 is 2. The monoisotopic (exact) mass is 233 g/mol. The molecule has 0 spiro atoms. The lowest BCUT2D eigenvalue weighted by Gasteiger charge is -2.10. The summed E-state index contributed by atoms with van der Waals surface area (Å²) in [7, 11) is 3.05. The molecular weight excluding hydrogens is 218 g/mol. The minimum absolute atomic E-state index is 0.495. The molecule has 0 radical (unpaired) electrons. The summed E-state index contributed by atoms with van der Waals surface area (Å²) in [5.74, 6) is 6.85. The third-order valence-electron chi connectivity index (χ3n) is 2.13. The number of nitrogens with two attached hydrogens (primary N) is 1. The molecule has 0 aromatic heterocycles. The third-order valence-corrected chi connectivity index (χ3v) is 2.13. The maximum atomic E-state index is 10.8. The van der Waals surface area contributed by atoms with Crippen LogP contribution in [-0.4, -0.2) is 27.1 Å².